The van der Waals surface area contributed by atoms with Crippen LogP contribution in [0.1, 0.15) is 19.8 Å². The highest BCUT2D eigenvalue weighted by Gasteiger charge is 2.21. The average Bonchev–Trinajstić information content (AvgIpc) is 2.66. The summed E-state index contributed by atoms with van der Waals surface area (Å²) in [6.45, 7) is 4.32. The number of carbonyl (C=O) groups is 2. The van der Waals surface area contributed by atoms with E-state index in [-0.39, 0.29) is 12.5 Å². The SMILES string of the molecule is CCN(CC(N)=O)C(=O)CC1CCNC1. The molecule has 2 amide bonds. The second kappa shape index (κ2) is 5.70. The summed E-state index contributed by atoms with van der Waals surface area (Å²) >= 11 is 0. The van der Waals surface area contributed by atoms with Crippen LogP contribution >= 0.6 is 0 Å². The number of hydrogen-bond acceptors (Lipinski definition) is 3. The lowest BCUT2D eigenvalue weighted by molar-refractivity contribution is -0.135. The Kier molecular flexibility index (Phi) is 4.55. The van der Waals surface area contributed by atoms with E-state index in [1.165, 1.54) is 4.90 Å². The molecule has 1 aliphatic rings. The van der Waals surface area contributed by atoms with Crippen molar-refractivity contribution < 1.29 is 9.59 Å². The summed E-state index contributed by atoms with van der Waals surface area (Å²) in [4.78, 5) is 24.0. The van der Waals surface area contributed by atoms with Crippen LogP contribution in [0.25, 0.3) is 0 Å². The molecule has 1 saturated heterocycles. The summed E-state index contributed by atoms with van der Waals surface area (Å²) in [5.41, 5.74) is 5.07. The van der Waals surface area contributed by atoms with Crippen LogP contribution in [0.3, 0.4) is 0 Å². The highest BCUT2D eigenvalue weighted by molar-refractivity contribution is 5.83. The summed E-state index contributed by atoms with van der Waals surface area (Å²) in [6.07, 6.45) is 1.56. The zero-order valence-corrected chi connectivity index (χ0v) is 9.16. The molecule has 1 fully saturated rings. The summed E-state index contributed by atoms with van der Waals surface area (Å²) < 4.78 is 0. The molecular formula is C10H19N3O2. The van der Waals surface area contributed by atoms with Gasteiger partial charge >= 0.3 is 0 Å². The fraction of sp³-hybridized carbons (Fsp3) is 0.800. The van der Waals surface area contributed by atoms with Crippen molar-refractivity contribution in [3.63, 3.8) is 0 Å². The Labute approximate surface area is 90.0 Å². The molecule has 5 heteroatoms. The normalized spacial score (nSPS) is 20.2. The highest BCUT2D eigenvalue weighted by Crippen LogP contribution is 2.13. The van der Waals surface area contributed by atoms with Crippen molar-refractivity contribution in [3.05, 3.63) is 0 Å². The van der Waals surface area contributed by atoms with Crippen molar-refractivity contribution in [1.82, 2.24) is 10.2 Å². The first kappa shape index (κ1) is 12.0. The first-order valence-electron chi connectivity index (χ1n) is 5.40. The van der Waals surface area contributed by atoms with Gasteiger partial charge in [-0.1, -0.05) is 0 Å². The molecule has 1 aliphatic heterocycles. The van der Waals surface area contributed by atoms with Crippen LogP contribution in [0, 0.1) is 5.92 Å². The predicted octanol–water partition coefficient (Wildman–Crippen LogP) is -0.680. The van der Waals surface area contributed by atoms with Gasteiger partial charge in [0.15, 0.2) is 0 Å². The summed E-state index contributed by atoms with van der Waals surface area (Å²) in [5.74, 6) is -0.000765. The predicted molar refractivity (Wildman–Crippen MR) is 57.0 cm³/mol. The second-order valence-corrected chi connectivity index (χ2v) is 3.94. The van der Waals surface area contributed by atoms with Crippen LogP contribution in [-0.4, -0.2) is 42.9 Å². The molecule has 86 valence electrons. The average molecular weight is 213 g/mol. The monoisotopic (exact) mass is 213 g/mol. The molecule has 0 saturated carbocycles. The maximum Gasteiger partial charge on any atom is 0.237 e. The van der Waals surface area contributed by atoms with Crippen molar-refractivity contribution in [2.45, 2.75) is 19.8 Å². The van der Waals surface area contributed by atoms with E-state index >= 15 is 0 Å². The molecule has 0 spiro atoms. The van der Waals surface area contributed by atoms with Gasteiger partial charge in [0.1, 0.15) is 0 Å². The molecule has 0 bridgehead atoms. The van der Waals surface area contributed by atoms with E-state index in [0.717, 1.165) is 19.5 Å². The second-order valence-electron chi connectivity index (χ2n) is 3.94. The minimum absolute atomic E-state index is 0.0324. The molecular weight excluding hydrogens is 194 g/mol. The molecule has 1 atom stereocenters. The van der Waals surface area contributed by atoms with Crippen molar-refractivity contribution in [2.75, 3.05) is 26.2 Å². The van der Waals surface area contributed by atoms with E-state index in [9.17, 15) is 9.59 Å². The lowest BCUT2D eigenvalue weighted by Gasteiger charge is -2.20. The molecule has 3 N–H and O–H groups in total. The van der Waals surface area contributed by atoms with Gasteiger partial charge in [-0.2, -0.15) is 0 Å². The number of carbonyl (C=O) groups excluding carboxylic acids is 2. The van der Waals surface area contributed by atoms with Gasteiger partial charge in [-0.05, 0) is 32.4 Å². The number of nitrogens with zero attached hydrogens (tertiary/aromatic N) is 1. The molecule has 0 aliphatic carbocycles. The van der Waals surface area contributed by atoms with Crippen LogP contribution in [0.2, 0.25) is 0 Å². The Morgan fingerprint density at radius 2 is 2.27 bits per heavy atom. The number of rotatable bonds is 5. The summed E-state index contributed by atoms with van der Waals surface area (Å²) in [5, 5.41) is 3.21. The Hall–Kier alpha value is -1.10. The van der Waals surface area contributed by atoms with Gasteiger partial charge in [-0.15, -0.1) is 0 Å². The van der Waals surface area contributed by atoms with E-state index in [0.29, 0.717) is 18.9 Å². The molecule has 5 nitrogen and oxygen atoms in total. The van der Waals surface area contributed by atoms with Crippen molar-refractivity contribution >= 4 is 11.8 Å². The summed E-state index contributed by atoms with van der Waals surface area (Å²) in [6, 6.07) is 0. The number of hydrogen-bond donors (Lipinski definition) is 2. The largest absolute Gasteiger partial charge is 0.368 e. The zero-order valence-electron chi connectivity index (χ0n) is 9.16. The maximum atomic E-state index is 11.8. The smallest absolute Gasteiger partial charge is 0.237 e. The van der Waals surface area contributed by atoms with Gasteiger partial charge in [0.05, 0.1) is 6.54 Å². The number of nitrogens with two attached hydrogens (primary N) is 1. The number of amides is 2. The molecule has 1 heterocycles. The lowest BCUT2D eigenvalue weighted by atomic mass is 10.0. The first-order chi connectivity index (χ1) is 7.13. The van der Waals surface area contributed by atoms with Crippen LogP contribution in [0.5, 0.6) is 0 Å². The third-order valence-corrected chi connectivity index (χ3v) is 2.71. The molecule has 0 radical (unpaired) electrons. The van der Waals surface area contributed by atoms with E-state index in [1.807, 2.05) is 6.92 Å². The summed E-state index contributed by atoms with van der Waals surface area (Å²) in [7, 11) is 0. The van der Waals surface area contributed by atoms with Gasteiger partial charge in [0.2, 0.25) is 11.8 Å². The highest BCUT2D eigenvalue weighted by atomic mass is 16.2. The number of primary amides is 1. The van der Waals surface area contributed by atoms with Crippen LogP contribution in [0.4, 0.5) is 0 Å². The third-order valence-electron chi connectivity index (χ3n) is 2.71. The van der Waals surface area contributed by atoms with Crippen LogP contribution in [-0.2, 0) is 9.59 Å². The Bertz CT molecular complexity index is 237. The molecule has 0 aromatic rings. The molecule has 15 heavy (non-hydrogen) atoms. The van der Waals surface area contributed by atoms with Crippen LogP contribution < -0.4 is 11.1 Å². The standard InChI is InChI=1S/C10H19N3O2/c1-2-13(7-9(11)14)10(15)5-8-3-4-12-6-8/h8,12H,2-7H2,1H3,(H2,11,14). The van der Waals surface area contributed by atoms with Gasteiger partial charge in [-0.25, -0.2) is 0 Å². The zero-order chi connectivity index (χ0) is 11.3. The quantitative estimate of drug-likeness (QED) is 0.635. The van der Waals surface area contributed by atoms with E-state index in [4.69, 9.17) is 5.73 Å². The van der Waals surface area contributed by atoms with Crippen molar-refractivity contribution in [1.29, 1.82) is 0 Å². The van der Waals surface area contributed by atoms with E-state index in [2.05, 4.69) is 5.32 Å². The lowest BCUT2D eigenvalue weighted by Crippen LogP contribution is -2.39. The minimum Gasteiger partial charge on any atom is -0.368 e. The van der Waals surface area contributed by atoms with Crippen molar-refractivity contribution in [2.24, 2.45) is 11.7 Å². The van der Waals surface area contributed by atoms with Gasteiger partial charge in [-0.3, -0.25) is 9.59 Å². The fourth-order valence-electron chi connectivity index (χ4n) is 1.83. The van der Waals surface area contributed by atoms with Gasteiger partial charge in [0, 0.05) is 13.0 Å². The van der Waals surface area contributed by atoms with E-state index in [1.54, 1.807) is 0 Å². The maximum absolute atomic E-state index is 11.8. The minimum atomic E-state index is -0.449. The molecule has 0 aromatic carbocycles. The van der Waals surface area contributed by atoms with Crippen LogP contribution in [0.15, 0.2) is 0 Å². The van der Waals surface area contributed by atoms with Gasteiger partial charge < -0.3 is 16.0 Å². The molecule has 1 unspecified atom stereocenters. The fourth-order valence-corrected chi connectivity index (χ4v) is 1.83. The topological polar surface area (TPSA) is 75.4 Å². The molecule has 1 rings (SSSR count). The first-order valence-corrected chi connectivity index (χ1v) is 5.40. The third kappa shape index (κ3) is 3.87. The van der Waals surface area contributed by atoms with Crippen molar-refractivity contribution in [3.8, 4) is 0 Å². The number of nitrogens with one attached hydrogen (secondary N) is 1. The Morgan fingerprint density at radius 1 is 1.53 bits per heavy atom. The number of likely N-dealkylation sites (N-methyl/N-ethyl adjacent to an activating group) is 1. The Balaban J connectivity index is 2.38. The van der Waals surface area contributed by atoms with E-state index < -0.39 is 5.91 Å². The van der Waals surface area contributed by atoms with Gasteiger partial charge in [0.25, 0.3) is 0 Å². The Morgan fingerprint density at radius 3 is 2.73 bits per heavy atom. The molecule has 0 aromatic heterocycles.